The molecular weight excluding hydrogens is 308 g/mol. The molecule has 0 aromatic heterocycles. The predicted molar refractivity (Wildman–Crippen MR) is 96.4 cm³/mol. The lowest BCUT2D eigenvalue weighted by Crippen LogP contribution is -2.39. The maximum atomic E-state index is 12.6. The third-order valence-corrected chi connectivity index (χ3v) is 3.37. The Labute approximate surface area is 145 Å². The number of carbonyl (C=O) groups is 1. The van der Waals surface area contributed by atoms with E-state index in [4.69, 9.17) is 14.2 Å². The number of urea groups is 1. The van der Waals surface area contributed by atoms with Crippen molar-refractivity contribution in [2.24, 2.45) is 11.8 Å². The van der Waals surface area contributed by atoms with Crippen molar-refractivity contribution in [1.29, 1.82) is 0 Å². The highest BCUT2D eigenvalue weighted by Crippen LogP contribution is 2.39. The van der Waals surface area contributed by atoms with Gasteiger partial charge in [0.2, 0.25) is 5.75 Å². The van der Waals surface area contributed by atoms with Crippen LogP contribution in [0.1, 0.15) is 27.7 Å². The number of hydrogen-bond donors (Lipinski definition) is 1. The highest BCUT2D eigenvalue weighted by atomic mass is 16.5. The normalized spacial score (nSPS) is 10.7. The van der Waals surface area contributed by atoms with Crippen molar-refractivity contribution in [3.63, 3.8) is 0 Å². The summed E-state index contributed by atoms with van der Waals surface area (Å²) < 4.78 is 15.9. The lowest BCUT2D eigenvalue weighted by molar-refractivity contribution is 0.196. The zero-order valence-electron chi connectivity index (χ0n) is 15.8. The lowest BCUT2D eigenvalue weighted by Gasteiger charge is -2.27. The van der Waals surface area contributed by atoms with Gasteiger partial charge in [-0.2, -0.15) is 0 Å². The fraction of sp³-hybridized carbons (Fsp3) is 0.611. The van der Waals surface area contributed by atoms with Crippen molar-refractivity contribution >= 4 is 11.7 Å². The zero-order chi connectivity index (χ0) is 18.3. The highest BCUT2D eigenvalue weighted by Gasteiger charge is 2.19. The lowest BCUT2D eigenvalue weighted by atomic mass is 10.1. The molecule has 1 rings (SSSR count). The van der Waals surface area contributed by atoms with Gasteiger partial charge in [0.05, 0.1) is 27.0 Å². The standard InChI is InChI=1S/C18H30N2O4/c1-12(2)10-20(11-13(3)4)18(21)19-14-8-15(22-5)17(24-7)16(9-14)23-6/h8-9,12-13H,10-11H2,1-7H3,(H,19,21). The van der Waals surface area contributed by atoms with E-state index in [-0.39, 0.29) is 6.03 Å². The Morgan fingerprint density at radius 3 is 1.75 bits per heavy atom. The molecule has 24 heavy (non-hydrogen) atoms. The van der Waals surface area contributed by atoms with E-state index in [2.05, 4.69) is 33.0 Å². The van der Waals surface area contributed by atoms with Crippen LogP contribution in [0.5, 0.6) is 17.2 Å². The SMILES string of the molecule is COc1cc(NC(=O)N(CC(C)C)CC(C)C)cc(OC)c1OC. The molecule has 136 valence electrons. The summed E-state index contributed by atoms with van der Waals surface area (Å²) in [6.45, 7) is 9.79. The van der Waals surface area contributed by atoms with Crippen LogP contribution in [0, 0.1) is 11.8 Å². The summed E-state index contributed by atoms with van der Waals surface area (Å²) in [6, 6.07) is 3.32. The predicted octanol–water partition coefficient (Wildman–Crippen LogP) is 3.86. The van der Waals surface area contributed by atoms with Gasteiger partial charge in [-0.25, -0.2) is 4.79 Å². The summed E-state index contributed by atoms with van der Waals surface area (Å²) in [5, 5.41) is 2.92. The summed E-state index contributed by atoms with van der Waals surface area (Å²) >= 11 is 0. The van der Waals surface area contributed by atoms with Crippen molar-refractivity contribution in [3.05, 3.63) is 12.1 Å². The number of anilines is 1. The smallest absolute Gasteiger partial charge is 0.321 e. The van der Waals surface area contributed by atoms with Gasteiger partial charge in [-0.15, -0.1) is 0 Å². The van der Waals surface area contributed by atoms with E-state index in [1.807, 2.05) is 4.90 Å². The van der Waals surface area contributed by atoms with Crippen molar-refractivity contribution < 1.29 is 19.0 Å². The van der Waals surface area contributed by atoms with Crippen LogP contribution in [0.15, 0.2) is 12.1 Å². The van der Waals surface area contributed by atoms with Crippen LogP contribution in [0.25, 0.3) is 0 Å². The van der Waals surface area contributed by atoms with E-state index in [0.29, 0.717) is 47.9 Å². The molecule has 0 aliphatic rings. The largest absolute Gasteiger partial charge is 0.493 e. The molecule has 0 fully saturated rings. The van der Waals surface area contributed by atoms with Crippen molar-refractivity contribution in [2.45, 2.75) is 27.7 Å². The quantitative estimate of drug-likeness (QED) is 0.782. The molecule has 6 nitrogen and oxygen atoms in total. The molecule has 0 aliphatic carbocycles. The van der Waals surface area contributed by atoms with Gasteiger partial charge < -0.3 is 24.4 Å². The van der Waals surface area contributed by atoms with Gasteiger partial charge in [-0.05, 0) is 11.8 Å². The summed E-state index contributed by atoms with van der Waals surface area (Å²) in [5.74, 6) is 2.31. The van der Waals surface area contributed by atoms with Crippen LogP contribution >= 0.6 is 0 Å². The first-order chi connectivity index (χ1) is 11.3. The third kappa shape index (κ3) is 5.51. The van der Waals surface area contributed by atoms with Gasteiger partial charge in [0, 0.05) is 25.2 Å². The zero-order valence-corrected chi connectivity index (χ0v) is 15.8. The number of nitrogens with one attached hydrogen (secondary N) is 1. The molecule has 1 aromatic carbocycles. The number of rotatable bonds is 8. The first-order valence-corrected chi connectivity index (χ1v) is 8.18. The second-order valence-corrected chi connectivity index (χ2v) is 6.54. The second kappa shape index (κ2) is 9.25. The molecule has 2 amide bonds. The fourth-order valence-corrected chi connectivity index (χ4v) is 2.48. The van der Waals surface area contributed by atoms with E-state index in [0.717, 1.165) is 0 Å². The number of hydrogen-bond acceptors (Lipinski definition) is 4. The molecule has 1 N–H and O–H groups in total. The Hall–Kier alpha value is -2.11. The number of nitrogens with zero attached hydrogens (tertiary/aromatic N) is 1. The van der Waals surface area contributed by atoms with Crippen molar-refractivity contribution in [1.82, 2.24) is 4.90 Å². The highest BCUT2D eigenvalue weighted by molar-refractivity contribution is 5.90. The summed E-state index contributed by atoms with van der Waals surface area (Å²) in [6.07, 6.45) is 0. The summed E-state index contributed by atoms with van der Waals surface area (Å²) in [7, 11) is 4.64. The van der Waals surface area contributed by atoms with Crippen LogP contribution in [0.4, 0.5) is 10.5 Å². The molecule has 0 unspecified atom stereocenters. The molecule has 0 spiro atoms. The monoisotopic (exact) mass is 338 g/mol. The Morgan fingerprint density at radius 1 is 0.958 bits per heavy atom. The summed E-state index contributed by atoms with van der Waals surface area (Å²) in [4.78, 5) is 14.5. The minimum absolute atomic E-state index is 0.133. The Balaban J connectivity index is 3.02. The Morgan fingerprint density at radius 2 is 1.42 bits per heavy atom. The van der Waals surface area contributed by atoms with Crippen LogP contribution in [0.2, 0.25) is 0 Å². The van der Waals surface area contributed by atoms with E-state index < -0.39 is 0 Å². The molecule has 0 saturated heterocycles. The first kappa shape index (κ1) is 19.9. The van der Waals surface area contributed by atoms with Gasteiger partial charge in [-0.1, -0.05) is 27.7 Å². The van der Waals surface area contributed by atoms with Gasteiger partial charge in [0.15, 0.2) is 11.5 Å². The minimum Gasteiger partial charge on any atom is -0.493 e. The average molecular weight is 338 g/mol. The van der Waals surface area contributed by atoms with Gasteiger partial charge >= 0.3 is 6.03 Å². The molecule has 0 bridgehead atoms. The average Bonchev–Trinajstić information content (AvgIpc) is 2.52. The van der Waals surface area contributed by atoms with Gasteiger partial charge in [0.25, 0.3) is 0 Å². The van der Waals surface area contributed by atoms with Crippen molar-refractivity contribution in [3.8, 4) is 17.2 Å². The fourth-order valence-electron chi connectivity index (χ4n) is 2.48. The molecule has 0 heterocycles. The van der Waals surface area contributed by atoms with E-state index >= 15 is 0 Å². The number of methoxy groups -OCH3 is 3. The first-order valence-electron chi connectivity index (χ1n) is 8.18. The maximum Gasteiger partial charge on any atom is 0.321 e. The van der Waals surface area contributed by atoms with Crippen molar-refractivity contribution in [2.75, 3.05) is 39.7 Å². The van der Waals surface area contributed by atoms with Crippen LogP contribution < -0.4 is 19.5 Å². The van der Waals surface area contributed by atoms with Crippen LogP contribution in [-0.2, 0) is 0 Å². The molecule has 1 aromatic rings. The minimum atomic E-state index is -0.133. The molecule has 0 saturated carbocycles. The van der Waals surface area contributed by atoms with Crippen LogP contribution in [-0.4, -0.2) is 45.3 Å². The Kier molecular flexibility index (Phi) is 7.68. The summed E-state index contributed by atoms with van der Waals surface area (Å²) in [5.41, 5.74) is 0.604. The molecular formula is C18H30N2O4. The third-order valence-electron chi connectivity index (χ3n) is 3.37. The number of amides is 2. The van der Waals surface area contributed by atoms with E-state index in [1.165, 1.54) is 0 Å². The van der Waals surface area contributed by atoms with Gasteiger partial charge in [0.1, 0.15) is 0 Å². The number of ether oxygens (including phenoxy) is 3. The van der Waals surface area contributed by atoms with E-state index in [1.54, 1.807) is 33.5 Å². The topological polar surface area (TPSA) is 60.0 Å². The van der Waals surface area contributed by atoms with Crippen LogP contribution in [0.3, 0.4) is 0 Å². The molecule has 6 heteroatoms. The Bertz CT molecular complexity index is 509. The molecule has 0 atom stereocenters. The maximum absolute atomic E-state index is 12.6. The second-order valence-electron chi connectivity index (χ2n) is 6.54. The molecule has 0 radical (unpaired) electrons. The van der Waals surface area contributed by atoms with Gasteiger partial charge in [-0.3, -0.25) is 0 Å². The molecule has 0 aliphatic heterocycles. The number of carbonyl (C=O) groups excluding carboxylic acids is 1. The number of benzene rings is 1. The van der Waals surface area contributed by atoms with E-state index in [9.17, 15) is 4.79 Å².